The van der Waals surface area contributed by atoms with Gasteiger partial charge in [-0.1, -0.05) is 30.3 Å². The Morgan fingerprint density at radius 3 is 2.61 bits per heavy atom. The molecule has 1 N–H and O–H groups in total. The number of rotatable bonds is 10. The number of hydrogen-bond donors (Lipinski definition) is 1. The first kappa shape index (κ1) is 22.9. The van der Waals surface area contributed by atoms with Gasteiger partial charge in [-0.05, 0) is 56.5 Å². The highest BCUT2D eigenvalue weighted by molar-refractivity contribution is 5.76. The lowest BCUT2D eigenvalue weighted by Crippen LogP contribution is -2.34. The molecule has 1 saturated carbocycles. The molecular weight excluding hydrogens is 418 g/mol. The van der Waals surface area contributed by atoms with Crippen molar-refractivity contribution >= 4 is 11.7 Å². The van der Waals surface area contributed by atoms with Crippen LogP contribution in [0.1, 0.15) is 37.9 Å². The minimum absolute atomic E-state index is 0.104. The lowest BCUT2D eigenvalue weighted by atomic mass is 10.1. The molecule has 0 saturated heterocycles. The molecule has 1 aliphatic carbocycles. The number of carbonyl (C=O) groups is 1. The van der Waals surface area contributed by atoms with Crippen LogP contribution in [0.25, 0.3) is 11.3 Å². The van der Waals surface area contributed by atoms with Crippen LogP contribution in [0.3, 0.4) is 0 Å². The van der Waals surface area contributed by atoms with Gasteiger partial charge in [0.15, 0.2) is 5.60 Å². The molecule has 1 aliphatic rings. The van der Waals surface area contributed by atoms with Crippen molar-refractivity contribution in [3.05, 3.63) is 65.9 Å². The lowest BCUT2D eigenvalue weighted by Gasteiger charge is -2.19. The fourth-order valence-electron chi connectivity index (χ4n) is 3.56. The van der Waals surface area contributed by atoms with Crippen LogP contribution in [0.4, 0.5) is 5.69 Å². The van der Waals surface area contributed by atoms with Crippen LogP contribution in [0, 0.1) is 0 Å². The van der Waals surface area contributed by atoms with Crippen LogP contribution in [0.5, 0.6) is 5.75 Å². The Morgan fingerprint density at radius 2 is 1.91 bits per heavy atom. The van der Waals surface area contributed by atoms with Gasteiger partial charge in [-0.2, -0.15) is 5.10 Å². The second-order valence-electron chi connectivity index (χ2n) is 9.15. The molecule has 0 aliphatic heterocycles. The first-order valence-corrected chi connectivity index (χ1v) is 11.2. The average Bonchev–Trinajstić information content (AvgIpc) is 3.50. The highest BCUT2D eigenvalue weighted by atomic mass is 16.5. The van der Waals surface area contributed by atoms with E-state index in [2.05, 4.69) is 17.0 Å². The summed E-state index contributed by atoms with van der Waals surface area (Å²) in [6, 6.07) is 18.2. The number of benzene rings is 2. The molecule has 1 fully saturated rings. The van der Waals surface area contributed by atoms with Crippen molar-refractivity contribution in [2.24, 2.45) is 0 Å². The van der Waals surface area contributed by atoms with E-state index in [-0.39, 0.29) is 6.61 Å². The number of hydrogen-bond acceptors (Lipinski definition) is 5. The molecular formula is C26H31N3O4. The van der Waals surface area contributed by atoms with Crippen LogP contribution in [-0.4, -0.2) is 46.7 Å². The second-order valence-corrected chi connectivity index (χ2v) is 9.15. The largest absolute Gasteiger partial charge is 0.490 e. The summed E-state index contributed by atoms with van der Waals surface area (Å²) in [4.78, 5) is 13.5. The summed E-state index contributed by atoms with van der Waals surface area (Å²) in [6.07, 6.45) is 2.52. The Hall–Kier alpha value is -3.32. The Morgan fingerprint density at radius 1 is 1.15 bits per heavy atom. The van der Waals surface area contributed by atoms with E-state index in [1.807, 2.05) is 61.2 Å². The third kappa shape index (κ3) is 5.54. The molecule has 0 amide bonds. The van der Waals surface area contributed by atoms with Gasteiger partial charge in [-0.3, -0.25) is 4.68 Å². The molecule has 7 nitrogen and oxygen atoms in total. The van der Waals surface area contributed by atoms with Crippen molar-refractivity contribution in [3.8, 4) is 17.0 Å². The van der Waals surface area contributed by atoms with Gasteiger partial charge in [0.25, 0.3) is 0 Å². The third-order valence-electron chi connectivity index (χ3n) is 5.68. The molecule has 33 heavy (non-hydrogen) atoms. The molecule has 0 radical (unpaired) electrons. The topological polar surface area (TPSA) is 76.8 Å². The lowest BCUT2D eigenvalue weighted by molar-refractivity contribution is -0.162. The standard InChI is InChI=1S/C26H31N3O4/c1-26(2,25(30)31)32-17-20-15-24(18-9-7-10-22(14-18)33-21-12-13-21)29(27-20)16-19-8-5-6-11-23(19)28(3)4/h5-11,14-15,21H,12-13,16-17H2,1-4H3,(H,30,31). The van der Waals surface area contributed by atoms with Crippen LogP contribution in [0.2, 0.25) is 0 Å². The van der Waals surface area contributed by atoms with E-state index < -0.39 is 11.6 Å². The zero-order chi connectivity index (χ0) is 23.6. The summed E-state index contributed by atoms with van der Waals surface area (Å²) in [5.41, 5.74) is 3.56. The van der Waals surface area contributed by atoms with Crippen molar-refractivity contribution < 1.29 is 19.4 Å². The highest BCUT2D eigenvalue weighted by Gasteiger charge is 2.28. The molecule has 3 aromatic rings. The van der Waals surface area contributed by atoms with Crippen LogP contribution >= 0.6 is 0 Å². The first-order valence-electron chi connectivity index (χ1n) is 11.2. The summed E-state index contributed by atoms with van der Waals surface area (Å²) < 4.78 is 13.6. The Labute approximate surface area is 194 Å². The second kappa shape index (κ2) is 9.27. The number of carboxylic acids is 1. The molecule has 0 unspecified atom stereocenters. The van der Waals surface area contributed by atoms with Gasteiger partial charge < -0.3 is 19.5 Å². The summed E-state index contributed by atoms with van der Waals surface area (Å²) in [7, 11) is 4.05. The zero-order valence-electron chi connectivity index (χ0n) is 19.6. The molecule has 0 bridgehead atoms. The molecule has 0 spiro atoms. The smallest absolute Gasteiger partial charge is 0.335 e. The summed E-state index contributed by atoms with van der Waals surface area (Å²) in [5.74, 6) is -0.159. The molecule has 1 heterocycles. The number of aromatic nitrogens is 2. The molecule has 7 heteroatoms. The minimum Gasteiger partial charge on any atom is -0.490 e. The first-order chi connectivity index (χ1) is 15.7. The number of para-hydroxylation sites is 1. The fraction of sp³-hybridized carbons (Fsp3) is 0.385. The Bertz CT molecular complexity index is 1130. The predicted molar refractivity (Wildman–Crippen MR) is 128 cm³/mol. The monoisotopic (exact) mass is 449 g/mol. The Balaban J connectivity index is 1.68. The maximum atomic E-state index is 11.4. The SMILES string of the molecule is CN(C)c1ccccc1Cn1nc(COC(C)(C)C(=O)O)cc1-c1cccc(OC2CC2)c1. The van der Waals surface area contributed by atoms with Crippen molar-refractivity contribution in [1.82, 2.24) is 9.78 Å². The number of anilines is 1. The van der Waals surface area contributed by atoms with Crippen LogP contribution in [-0.2, 0) is 22.7 Å². The number of nitrogens with zero attached hydrogens (tertiary/aromatic N) is 3. The predicted octanol–water partition coefficient (Wildman–Crippen LogP) is 4.59. The molecule has 2 aromatic carbocycles. The van der Waals surface area contributed by atoms with E-state index >= 15 is 0 Å². The molecule has 4 rings (SSSR count). The van der Waals surface area contributed by atoms with E-state index in [0.29, 0.717) is 18.3 Å². The van der Waals surface area contributed by atoms with Gasteiger partial charge in [0.05, 0.1) is 30.6 Å². The maximum Gasteiger partial charge on any atom is 0.335 e. The molecule has 174 valence electrons. The van der Waals surface area contributed by atoms with Gasteiger partial charge in [0.2, 0.25) is 0 Å². The van der Waals surface area contributed by atoms with Crippen LogP contribution < -0.4 is 9.64 Å². The van der Waals surface area contributed by atoms with Crippen molar-refractivity contribution in [1.29, 1.82) is 0 Å². The number of ether oxygens (including phenoxy) is 2. The summed E-state index contributed by atoms with van der Waals surface area (Å²) in [5, 5.41) is 14.2. The number of aliphatic carboxylic acids is 1. The third-order valence-corrected chi connectivity index (χ3v) is 5.68. The quantitative estimate of drug-likeness (QED) is 0.488. The zero-order valence-corrected chi connectivity index (χ0v) is 19.6. The van der Waals surface area contributed by atoms with Gasteiger partial charge in [0, 0.05) is 25.3 Å². The van der Waals surface area contributed by atoms with E-state index in [0.717, 1.165) is 41.1 Å². The van der Waals surface area contributed by atoms with Crippen LogP contribution in [0.15, 0.2) is 54.6 Å². The van der Waals surface area contributed by atoms with Gasteiger partial charge in [0.1, 0.15) is 5.75 Å². The van der Waals surface area contributed by atoms with Crippen molar-refractivity contribution in [2.75, 3.05) is 19.0 Å². The van der Waals surface area contributed by atoms with E-state index in [1.165, 1.54) is 0 Å². The fourth-order valence-corrected chi connectivity index (χ4v) is 3.56. The van der Waals surface area contributed by atoms with Crippen molar-refractivity contribution in [3.63, 3.8) is 0 Å². The van der Waals surface area contributed by atoms with Crippen molar-refractivity contribution in [2.45, 2.75) is 51.5 Å². The highest BCUT2D eigenvalue weighted by Crippen LogP contribution is 2.31. The maximum absolute atomic E-state index is 11.4. The van der Waals surface area contributed by atoms with Gasteiger partial charge >= 0.3 is 5.97 Å². The molecule has 0 atom stereocenters. The van der Waals surface area contributed by atoms with Gasteiger partial charge in [-0.15, -0.1) is 0 Å². The number of carboxylic acid groups (broad SMARTS) is 1. The van der Waals surface area contributed by atoms with E-state index in [4.69, 9.17) is 14.6 Å². The molecule has 1 aromatic heterocycles. The summed E-state index contributed by atoms with van der Waals surface area (Å²) >= 11 is 0. The Kier molecular flexibility index (Phi) is 6.42. The summed E-state index contributed by atoms with van der Waals surface area (Å²) in [6.45, 7) is 3.76. The van der Waals surface area contributed by atoms with E-state index in [1.54, 1.807) is 13.8 Å². The minimum atomic E-state index is -1.29. The average molecular weight is 450 g/mol. The normalized spacial score (nSPS) is 13.7. The van der Waals surface area contributed by atoms with E-state index in [9.17, 15) is 9.90 Å². The van der Waals surface area contributed by atoms with Gasteiger partial charge in [-0.25, -0.2) is 4.79 Å².